The summed E-state index contributed by atoms with van der Waals surface area (Å²) in [6.07, 6.45) is 0. The first-order valence-corrected chi connectivity index (χ1v) is 10.2. The zero-order valence-electron chi connectivity index (χ0n) is 14.8. The van der Waals surface area contributed by atoms with Crippen molar-refractivity contribution in [3.63, 3.8) is 0 Å². The second-order valence-electron chi connectivity index (χ2n) is 6.42. The number of amides is 1. The molecule has 0 bridgehead atoms. The zero-order valence-corrected chi connectivity index (χ0v) is 16.3. The number of aryl methyl sites for hydroxylation is 1. The van der Waals surface area contributed by atoms with Crippen molar-refractivity contribution in [1.82, 2.24) is 4.90 Å². The van der Waals surface area contributed by atoms with Crippen molar-refractivity contribution >= 4 is 35.0 Å². The molecular formula is C20H22ClFN2OS. The van der Waals surface area contributed by atoms with Gasteiger partial charge < -0.3 is 9.80 Å². The maximum atomic E-state index is 12.9. The van der Waals surface area contributed by atoms with Crippen molar-refractivity contribution in [3.05, 3.63) is 64.4 Å². The van der Waals surface area contributed by atoms with Crippen LogP contribution in [0.1, 0.15) is 11.1 Å². The Hall–Kier alpha value is -1.72. The molecule has 0 radical (unpaired) electrons. The third kappa shape index (κ3) is 4.92. The average Bonchev–Trinajstić information content (AvgIpc) is 2.65. The van der Waals surface area contributed by atoms with Crippen LogP contribution in [-0.2, 0) is 10.5 Å². The molecule has 0 spiro atoms. The van der Waals surface area contributed by atoms with Crippen molar-refractivity contribution in [2.24, 2.45) is 0 Å². The molecule has 1 aliphatic rings. The summed E-state index contributed by atoms with van der Waals surface area (Å²) in [4.78, 5) is 16.6. The predicted molar refractivity (Wildman–Crippen MR) is 108 cm³/mol. The third-order valence-corrected chi connectivity index (χ3v) is 5.78. The zero-order chi connectivity index (χ0) is 18.5. The highest BCUT2D eigenvalue weighted by molar-refractivity contribution is 7.99. The minimum absolute atomic E-state index is 0.166. The number of rotatable bonds is 5. The molecule has 0 saturated carbocycles. The lowest BCUT2D eigenvalue weighted by Crippen LogP contribution is -2.49. The topological polar surface area (TPSA) is 23.6 Å². The third-order valence-electron chi connectivity index (χ3n) is 4.55. The van der Waals surface area contributed by atoms with E-state index in [-0.39, 0.29) is 11.7 Å². The first-order valence-electron chi connectivity index (χ1n) is 8.64. The molecule has 2 aromatic rings. The molecule has 0 aliphatic carbocycles. The molecule has 0 unspecified atom stereocenters. The lowest BCUT2D eigenvalue weighted by Gasteiger charge is -2.37. The summed E-state index contributed by atoms with van der Waals surface area (Å²) >= 11 is 7.69. The number of hydrogen-bond acceptors (Lipinski definition) is 3. The predicted octanol–water partition coefficient (Wildman–Crippen LogP) is 4.37. The minimum atomic E-state index is -0.234. The van der Waals surface area contributed by atoms with Gasteiger partial charge in [-0.2, -0.15) is 0 Å². The van der Waals surface area contributed by atoms with Gasteiger partial charge in [-0.1, -0.05) is 29.8 Å². The summed E-state index contributed by atoms with van der Waals surface area (Å²) < 4.78 is 12.9. The summed E-state index contributed by atoms with van der Waals surface area (Å²) in [5.74, 6) is 1.10. The number of anilines is 1. The van der Waals surface area contributed by atoms with E-state index in [4.69, 9.17) is 11.6 Å². The Morgan fingerprint density at radius 2 is 1.81 bits per heavy atom. The number of benzene rings is 2. The quantitative estimate of drug-likeness (QED) is 0.754. The van der Waals surface area contributed by atoms with Crippen LogP contribution in [0.3, 0.4) is 0 Å². The van der Waals surface area contributed by atoms with Gasteiger partial charge in [0.1, 0.15) is 5.82 Å². The van der Waals surface area contributed by atoms with E-state index < -0.39 is 0 Å². The van der Waals surface area contributed by atoms with Crippen LogP contribution in [-0.4, -0.2) is 42.7 Å². The first-order chi connectivity index (χ1) is 12.5. The lowest BCUT2D eigenvalue weighted by atomic mass is 10.1. The average molecular weight is 393 g/mol. The molecule has 6 heteroatoms. The first kappa shape index (κ1) is 19.1. The molecule has 0 atom stereocenters. The van der Waals surface area contributed by atoms with Gasteiger partial charge >= 0.3 is 0 Å². The molecule has 26 heavy (non-hydrogen) atoms. The Morgan fingerprint density at radius 1 is 1.12 bits per heavy atom. The molecule has 1 heterocycles. The Balaban J connectivity index is 1.46. The molecule has 1 saturated heterocycles. The highest BCUT2D eigenvalue weighted by Gasteiger charge is 2.22. The monoisotopic (exact) mass is 392 g/mol. The maximum absolute atomic E-state index is 12.9. The largest absolute Gasteiger partial charge is 0.368 e. The molecule has 1 amide bonds. The van der Waals surface area contributed by atoms with Gasteiger partial charge in [0.15, 0.2) is 0 Å². The second kappa shape index (κ2) is 8.78. The van der Waals surface area contributed by atoms with E-state index in [2.05, 4.69) is 11.8 Å². The summed E-state index contributed by atoms with van der Waals surface area (Å²) in [7, 11) is 0. The number of carbonyl (C=O) groups excluding carboxylic acids is 1. The fourth-order valence-corrected chi connectivity index (χ4v) is 4.10. The second-order valence-corrected chi connectivity index (χ2v) is 7.84. The Bertz CT molecular complexity index is 761. The number of halogens is 2. The minimum Gasteiger partial charge on any atom is -0.368 e. The van der Waals surface area contributed by atoms with Crippen molar-refractivity contribution in [2.75, 3.05) is 36.8 Å². The molecular weight excluding hydrogens is 371 g/mol. The van der Waals surface area contributed by atoms with E-state index in [1.54, 1.807) is 23.9 Å². The van der Waals surface area contributed by atoms with Crippen LogP contribution in [0.2, 0.25) is 5.02 Å². The van der Waals surface area contributed by atoms with Crippen molar-refractivity contribution in [3.8, 4) is 0 Å². The van der Waals surface area contributed by atoms with E-state index in [0.717, 1.165) is 42.5 Å². The van der Waals surface area contributed by atoms with E-state index in [1.165, 1.54) is 17.7 Å². The number of hydrogen-bond donors (Lipinski definition) is 0. The van der Waals surface area contributed by atoms with E-state index in [1.807, 2.05) is 23.1 Å². The van der Waals surface area contributed by atoms with Crippen LogP contribution in [0.15, 0.2) is 42.5 Å². The fourth-order valence-electron chi connectivity index (χ4n) is 3.05. The fraction of sp³-hybridized carbons (Fsp3) is 0.350. The van der Waals surface area contributed by atoms with Crippen molar-refractivity contribution < 1.29 is 9.18 Å². The van der Waals surface area contributed by atoms with Crippen LogP contribution >= 0.6 is 23.4 Å². The highest BCUT2D eigenvalue weighted by Crippen LogP contribution is 2.25. The standard InChI is InChI=1S/C20H22ClFN2OS/c1-15-2-5-17(21)12-19(15)23-8-10-24(11-9-23)20(25)14-26-13-16-3-6-18(22)7-4-16/h2-7,12H,8-11,13-14H2,1H3. The van der Waals surface area contributed by atoms with Crippen molar-refractivity contribution in [2.45, 2.75) is 12.7 Å². The van der Waals surface area contributed by atoms with Crippen LogP contribution < -0.4 is 4.90 Å². The lowest BCUT2D eigenvalue weighted by molar-refractivity contribution is -0.128. The van der Waals surface area contributed by atoms with Gasteiger partial charge in [-0.15, -0.1) is 11.8 Å². The van der Waals surface area contributed by atoms with Crippen LogP contribution in [0.5, 0.6) is 0 Å². The Morgan fingerprint density at radius 3 is 2.50 bits per heavy atom. The molecule has 1 aliphatic heterocycles. The van der Waals surface area contributed by atoms with Gasteiger partial charge in [0.25, 0.3) is 0 Å². The van der Waals surface area contributed by atoms with Gasteiger partial charge in [0.2, 0.25) is 5.91 Å². The molecule has 3 nitrogen and oxygen atoms in total. The number of carbonyl (C=O) groups is 1. The highest BCUT2D eigenvalue weighted by atomic mass is 35.5. The van der Waals surface area contributed by atoms with Crippen LogP contribution in [0, 0.1) is 12.7 Å². The van der Waals surface area contributed by atoms with Crippen LogP contribution in [0.4, 0.5) is 10.1 Å². The smallest absolute Gasteiger partial charge is 0.232 e. The number of piperazine rings is 1. The van der Waals surface area contributed by atoms with Gasteiger partial charge in [-0.05, 0) is 42.3 Å². The molecule has 2 aromatic carbocycles. The normalized spacial score (nSPS) is 14.6. The molecule has 1 fully saturated rings. The molecule has 0 N–H and O–H groups in total. The van der Waals surface area contributed by atoms with Gasteiger partial charge in [-0.25, -0.2) is 4.39 Å². The van der Waals surface area contributed by atoms with E-state index in [9.17, 15) is 9.18 Å². The van der Waals surface area contributed by atoms with Crippen LogP contribution in [0.25, 0.3) is 0 Å². The summed E-state index contributed by atoms with van der Waals surface area (Å²) in [6, 6.07) is 12.4. The van der Waals surface area contributed by atoms with Crippen molar-refractivity contribution in [1.29, 1.82) is 0 Å². The Kier molecular flexibility index (Phi) is 6.43. The van der Waals surface area contributed by atoms with Gasteiger partial charge in [0, 0.05) is 42.6 Å². The Labute approximate surface area is 163 Å². The van der Waals surface area contributed by atoms with E-state index >= 15 is 0 Å². The SMILES string of the molecule is Cc1ccc(Cl)cc1N1CCN(C(=O)CSCc2ccc(F)cc2)CC1. The molecule has 0 aromatic heterocycles. The van der Waals surface area contributed by atoms with Gasteiger partial charge in [0.05, 0.1) is 5.75 Å². The molecule has 138 valence electrons. The maximum Gasteiger partial charge on any atom is 0.232 e. The molecule has 3 rings (SSSR count). The number of nitrogens with zero attached hydrogens (tertiary/aromatic N) is 2. The summed E-state index contributed by atoms with van der Waals surface area (Å²) in [6.45, 7) is 5.16. The van der Waals surface area contributed by atoms with Gasteiger partial charge in [-0.3, -0.25) is 4.79 Å². The van der Waals surface area contributed by atoms with E-state index in [0.29, 0.717) is 11.5 Å². The number of thioether (sulfide) groups is 1. The summed E-state index contributed by atoms with van der Waals surface area (Å²) in [5, 5.41) is 0.737. The summed E-state index contributed by atoms with van der Waals surface area (Å²) in [5.41, 5.74) is 3.38.